The summed E-state index contributed by atoms with van der Waals surface area (Å²) in [6.07, 6.45) is 2.35. The Kier molecular flexibility index (Phi) is 6.55. The Labute approximate surface area is 112 Å². The zero-order valence-corrected chi connectivity index (χ0v) is 12.7. The molecular weight excluding hydrogens is 250 g/mol. The Morgan fingerprint density at radius 2 is 1.72 bits per heavy atom. The summed E-state index contributed by atoms with van der Waals surface area (Å²) in [5.74, 6) is 0. The maximum Gasteiger partial charge on any atom is 0.217 e. The van der Waals surface area contributed by atoms with Gasteiger partial charge in [-0.1, -0.05) is 6.92 Å². The number of rotatable bonds is 7. The number of nitrogens with one attached hydrogen (secondary N) is 1. The lowest BCUT2D eigenvalue weighted by molar-refractivity contribution is 0.326. The third-order valence-electron chi connectivity index (χ3n) is 3.34. The fourth-order valence-electron chi connectivity index (χ4n) is 2.23. The summed E-state index contributed by atoms with van der Waals surface area (Å²) < 4.78 is 26.8. The van der Waals surface area contributed by atoms with Crippen molar-refractivity contribution < 1.29 is 8.42 Å². The monoisotopic (exact) mass is 277 g/mol. The molecule has 0 aromatic carbocycles. The van der Waals surface area contributed by atoms with Gasteiger partial charge in [0.25, 0.3) is 0 Å². The van der Waals surface area contributed by atoms with Crippen LogP contribution in [0, 0.1) is 0 Å². The zero-order chi connectivity index (χ0) is 13.6. The largest absolute Gasteiger partial charge is 0.317 e. The van der Waals surface area contributed by atoms with Crippen LogP contribution in [-0.4, -0.2) is 69.7 Å². The number of nitrogens with zero attached hydrogens (tertiary/aromatic N) is 2. The number of sulfonamides is 1. The first-order valence-corrected chi connectivity index (χ1v) is 8.33. The molecule has 0 aliphatic carbocycles. The molecule has 1 rings (SSSR count). The molecule has 6 heteroatoms. The summed E-state index contributed by atoms with van der Waals surface area (Å²) in [6.45, 7) is 5.69. The molecule has 0 spiro atoms. The number of piperidine rings is 1. The molecule has 0 amide bonds. The predicted molar refractivity (Wildman–Crippen MR) is 75.2 cm³/mol. The van der Waals surface area contributed by atoms with Crippen molar-refractivity contribution in [3.05, 3.63) is 0 Å². The van der Waals surface area contributed by atoms with Gasteiger partial charge in [-0.2, -0.15) is 0 Å². The smallest absolute Gasteiger partial charge is 0.217 e. The molecule has 1 fully saturated rings. The minimum absolute atomic E-state index is 0.188. The fraction of sp³-hybridized carbons (Fsp3) is 1.00. The molecule has 1 aliphatic heterocycles. The Hall–Kier alpha value is -0.170. The molecule has 1 aliphatic rings. The molecule has 0 unspecified atom stereocenters. The summed E-state index contributed by atoms with van der Waals surface area (Å²) in [5.41, 5.74) is 0. The lowest BCUT2D eigenvalue weighted by Gasteiger charge is -2.30. The van der Waals surface area contributed by atoms with E-state index in [9.17, 15) is 8.42 Å². The Morgan fingerprint density at radius 1 is 1.11 bits per heavy atom. The van der Waals surface area contributed by atoms with E-state index in [1.807, 2.05) is 25.9 Å². The van der Waals surface area contributed by atoms with Gasteiger partial charge < -0.3 is 10.2 Å². The molecule has 18 heavy (non-hydrogen) atoms. The van der Waals surface area contributed by atoms with Crippen LogP contribution in [0.2, 0.25) is 0 Å². The van der Waals surface area contributed by atoms with Crippen molar-refractivity contribution in [3.63, 3.8) is 0 Å². The lowest BCUT2D eigenvalue weighted by Crippen LogP contribution is -2.46. The first kappa shape index (κ1) is 15.9. The van der Waals surface area contributed by atoms with Crippen LogP contribution in [0.1, 0.15) is 26.2 Å². The summed E-state index contributed by atoms with van der Waals surface area (Å²) in [5, 5.41) is 3.03. The molecule has 0 aromatic heterocycles. The van der Waals surface area contributed by atoms with E-state index in [1.54, 1.807) is 4.31 Å². The number of hydrogen-bond donors (Lipinski definition) is 1. The van der Waals surface area contributed by atoms with E-state index >= 15 is 0 Å². The molecule has 0 bridgehead atoms. The lowest BCUT2D eigenvalue weighted by atomic mass is 10.2. The average molecular weight is 277 g/mol. The van der Waals surface area contributed by atoms with Gasteiger partial charge in [-0.05, 0) is 46.4 Å². The van der Waals surface area contributed by atoms with Gasteiger partial charge in [0.2, 0.25) is 10.0 Å². The first-order chi connectivity index (χ1) is 8.48. The minimum atomic E-state index is -3.12. The number of likely N-dealkylation sites (N-methyl/N-ethyl adjacent to an activating group) is 1. The second kappa shape index (κ2) is 7.43. The van der Waals surface area contributed by atoms with Crippen molar-refractivity contribution in [1.29, 1.82) is 0 Å². The van der Waals surface area contributed by atoms with Gasteiger partial charge in [-0.25, -0.2) is 12.7 Å². The first-order valence-electron chi connectivity index (χ1n) is 6.83. The highest BCUT2D eigenvalue weighted by Crippen LogP contribution is 2.18. The SMILES string of the molecule is CCCN(CCN(C)C)S(=O)(=O)C1CCNCC1. The second-order valence-electron chi connectivity index (χ2n) is 5.20. The molecule has 1 heterocycles. The molecule has 1 saturated heterocycles. The highest BCUT2D eigenvalue weighted by atomic mass is 32.2. The quantitative estimate of drug-likeness (QED) is 0.729. The predicted octanol–water partition coefficient (Wildman–Crippen LogP) is 0.342. The van der Waals surface area contributed by atoms with Crippen molar-refractivity contribution in [3.8, 4) is 0 Å². The van der Waals surface area contributed by atoms with Gasteiger partial charge in [-0.3, -0.25) is 0 Å². The van der Waals surface area contributed by atoms with Crippen LogP contribution >= 0.6 is 0 Å². The topological polar surface area (TPSA) is 52.7 Å². The summed E-state index contributed by atoms with van der Waals surface area (Å²) in [4.78, 5) is 2.03. The van der Waals surface area contributed by atoms with E-state index in [0.717, 1.165) is 38.9 Å². The van der Waals surface area contributed by atoms with Crippen LogP contribution in [0.4, 0.5) is 0 Å². The third kappa shape index (κ3) is 4.50. The van der Waals surface area contributed by atoms with Crippen molar-refractivity contribution in [2.75, 3.05) is 46.8 Å². The summed E-state index contributed by atoms with van der Waals surface area (Å²) in [7, 11) is 0.832. The van der Waals surface area contributed by atoms with Crippen LogP contribution in [-0.2, 0) is 10.0 Å². The van der Waals surface area contributed by atoms with Gasteiger partial charge >= 0.3 is 0 Å². The standard InChI is InChI=1S/C12H27N3O2S/c1-4-9-15(11-10-14(2)3)18(16,17)12-5-7-13-8-6-12/h12-13H,4-11H2,1-3H3. The van der Waals surface area contributed by atoms with Gasteiger partial charge in [0.05, 0.1) is 5.25 Å². The van der Waals surface area contributed by atoms with E-state index in [-0.39, 0.29) is 5.25 Å². The molecule has 0 atom stereocenters. The highest BCUT2D eigenvalue weighted by Gasteiger charge is 2.32. The molecular formula is C12H27N3O2S. The van der Waals surface area contributed by atoms with Crippen molar-refractivity contribution in [1.82, 2.24) is 14.5 Å². The highest BCUT2D eigenvalue weighted by molar-refractivity contribution is 7.89. The average Bonchev–Trinajstić information content (AvgIpc) is 2.35. The molecule has 0 aromatic rings. The van der Waals surface area contributed by atoms with Gasteiger partial charge in [0, 0.05) is 19.6 Å². The van der Waals surface area contributed by atoms with Crippen molar-refractivity contribution >= 4 is 10.0 Å². The van der Waals surface area contributed by atoms with Gasteiger partial charge in [-0.15, -0.1) is 0 Å². The maximum atomic E-state index is 12.6. The Morgan fingerprint density at radius 3 is 2.22 bits per heavy atom. The van der Waals surface area contributed by atoms with E-state index in [0.29, 0.717) is 13.1 Å². The van der Waals surface area contributed by atoms with Crippen LogP contribution in [0.15, 0.2) is 0 Å². The normalized spacial score (nSPS) is 18.7. The van der Waals surface area contributed by atoms with Crippen LogP contribution in [0.25, 0.3) is 0 Å². The molecule has 108 valence electrons. The van der Waals surface area contributed by atoms with Crippen LogP contribution in [0.3, 0.4) is 0 Å². The van der Waals surface area contributed by atoms with Crippen molar-refractivity contribution in [2.24, 2.45) is 0 Å². The molecule has 5 nitrogen and oxygen atoms in total. The fourth-order valence-corrected chi connectivity index (χ4v) is 4.26. The van der Waals surface area contributed by atoms with Crippen molar-refractivity contribution in [2.45, 2.75) is 31.4 Å². The molecule has 1 N–H and O–H groups in total. The minimum Gasteiger partial charge on any atom is -0.317 e. The Bertz CT molecular complexity index is 324. The maximum absolute atomic E-state index is 12.6. The van der Waals surface area contributed by atoms with Crippen LogP contribution in [0.5, 0.6) is 0 Å². The summed E-state index contributed by atoms with van der Waals surface area (Å²) in [6, 6.07) is 0. The van der Waals surface area contributed by atoms with E-state index in [4.69, 9.17) is 0 Å². The van der Waals surface area contributed by atoms with Gasteiger partial charge in [0.15, 0.2) is 0 Å². The molecule has 0 saturated carbocycles. The molecule has 0 radical (unpaired) electrons. The zero-order valence-electron chi connectivity index (χ0n) is 11.9. The third-order valence-corrected chi connectivity index (χ3v) is 5.74. The van der Waals surface area contributed by atoms with E-state index in [1.165, 1.54) is 0 Å². The van der Waals surface area contributed by atoms with E-state index < -0.39 is 10.0 Å². The summed E-state index contributed by atoms with van der Waals surface area (Å²) >= 11 is 0. The Balaban J connectivity index is 2.68. The number of hydrogen-bond acceptors (Lipinski definition) is 4. The second-order valence-corrected chi connectivity index (χ2v) is 7.41. The van der Waals surface area contributed by atoms with Crippen LogP contribution < -0.4 is 5.32 Å². The van der Waals surface area contributed by atoms with E-state index in [2.05, 4.69) is 5.32 Å². The van der Waals surface area contributed by atoms with Gasteiger partial charge in [0.1, 0.15) is 0 Å².